The van der Waals surface area contributed by atoms with Crippen LogP contribution in [0.4, 0.5) is 5.69 Å². The Morgan fingerprint density at radius 3 is 2.45 bits per heavy atom. The van der Waals surface area contributed by atoms with Gasteiger partial charge in [0, 0.05) is 30.6 Å². The summed E-state index contributed by atoms with van der Waals surface area (Å²) in [4.78, 5) is 19.9. The van der Waals surface area contributed by atoms with Crippen molar-refractivity contribution >= 4 is 28.9 Å². The lowest BCUT2D eigenvalue weighted by Crippen LogP contribution is -2.33. The molecule has 0 radical (unpaired) electrons. The molecule has 1 aliphatic rings. The number of nitrogens with one attached hydrogen (secondary N) is 2. The number of benzene rings is 2. The van der Waals surface area contributed by atoms with E-state index < -0.39 is 0 Å². The van der Waals surface area contributed by atoms with Crippen LogP contribution in [0.3, 0.4) is 0 Å². The Hall–Kier alpha value is -4.17. The van der Waals surface area contributed by atoms with E-state index in [-0.39, 0.29) is 24.4 Å². The predicted octanol–water partition coefficient (Wildman–Crippen LogP) is 6.12. The standard InChI is InChI=1S/C32H35N5O2S/c1-20-11-10-12-21(2)30(20)37-22(3)19-24(23(37)4)31-29(26-14-8-9-17-33-26)35-32(40)36(31)18-16-28(38)34-25-13-6-7-15-27(25)39-5/h6-15,17,19,29,31H,16,18H2,1-5H3,(H,34,38)(H,35,40). The first-order valence-corrected chi connectivity index (χ1v) is 13.9. The first kappa shape index (κ1) is 27.4. The van der Waals surface area contributed by atoms with Gasteiger partial charge in [0.1, 0.15) is 5.75 Å². The molecule has 7 nitrogen and oxygen atoms in total. The number of carbonyl (C=O) groups is 1. The van der Waals surface area contributed by atoms with E-state index >= 15 is 0 Å². The number of methoxy groups -OCH3 is 1. The minimum absolute atomic E-state index is 0.103. The summed E-state index contributed by atoms with van der Waals surface area (Å²) in [5, 5.41) is 7.11. The topological polar surface area (TPSA) is 71.4 Å². The second-order valence-electron chi connectivity index (χ2n) is 10.2. The molecule has 0 aliphatic carbocycles. The zero-order valence-corrected chi connectivity index (χ0v) is 24.4. The zero-order chi connectivity index (χ0) is 28.4. The fourth-order valence-electron chi connectivity index (χ4n) is 5.76. The largest absolute Gasteiger partial charge is 0.495 e. The molecule has 0 spiro atoms. The molecule has 40 heavy (non-hydrogen) atoms. The highest BCUT2D eigenvalue weighted by atomic mass is 32.1. The molecule has 8 heteroatoms. The molecule has 1 aliphatic heterocycles. The van der Waals surface area contributed by atoms with E-state index in [9.17, 15) is 4.79 Å². The van der Waals surface area contributed by atoms with Crippen LogP contribution >= 0.6 is 12.2 Å². The maximum Gasteiger partial charge on any atom is 0.226 e. The van der Waals surface area contributed by atoms with Crippen LogP contribution in [0.2, 0.25) is 0 Å². The molecule has 1 saturated heterocycles. The third kappa shape index (κ3) is 5.19. The van der Waals surface area contributed by atoms with Crippen molar-refractivity contribution in [3.8, 4) is 11.4 Å². The lowest BCUT2D eigenvalue weighted by atomic mass is 9.96. The number of nitrogens with zero attached hydrogens (tertiary/aromatic N) is 3. The van der Waals surface area contributed by atoms with Crippen LogP contribution < -0.4 is 15.4 Å². The maximum atomic E-state index is 13.1. The molecule has 0 saturated carbocycles. The fraction of sp³-hybridized carbons (Fsp3) is 0.281. The highest BCUT2D eigenvalue weighted by molar-refractivity contribution is 7.80. The molecule has 206 valence electrons. The molecule has 2 atom stereocenters. The molecule has 5 rings (SSSR count). The summed E-state index contributed by atoms with van der Waals surface area (Å²) in [6, 6.07) is 21.7. The van der Waals surface area contributed by atoms with Crippen molar-refractivity contribution in [2.24, 2.45) is 0 Å². The third-order valence-corrected chi connectivity index (χ3v) is 7.96. The number of pyridine rings is 1. The van der Waals surface area contributed by atoms with E-state index in [1.807, 2.05) is 42.5 Å². The summed E-state index contributed by atoms with van der Waals surface area (Å²) in [6.07, 6.45) is 2.07. The van der Waals surface area contributed by atoms with Crippen molar-refractivity contribution in [3.05, 3.63) is 107 Å². The van der Waals surface area contributed by atoms with Crippen LogP contribution in [-0.4, -0.2) is 39.1 Å². The van der Waals surface area contributed by atoms with Gasteiger partial charge in [-0.25, -0.2) is 0 Å². The van der Waals surface area contributed by atoms with Gasteiger partial charge in [-0.05, 0) is 86.9 Å². The molecule has 0 bridgehead atoms. The second kappa shape index (κ2) is 11.5. The first-order valence-electron chi connectivity index (χ1n) is 13.5. The van der Waals surface area contributed by atoms with E-state index in [2.05, 4.69) is 77.0 Å². The van der Waals surface area contributed by atoms with Crippen molar-refractivity contribution in [1.82, 2.24) is 19.8 Å². The Morgan fingerprint density at radius 2 is 1.75 bits per heavy atom. The van der Waals surface area contributed by atoms with E-state index in [1.54, 1.807) is 13.3 Å². The average Bonchev–Trinajstić information content (AvgIpc) is 3.43. The van der Waals surface area contributed by atoms with E-state index in [0.717, 1.165) is 22.6 Å². The zero-order valence-electron chi connectivity index (χ0n) is 23.6. The minimum Gasteiger partial charge on any atom is -0.495 e. The number of ether oxygens (including phenoxy) is 1. The number of para-hydroxylation sites is 3. The van der Waals surface area contributed by atoms with Gasteiger partial charge in [-0.3, -0.25) is 9.78 Å². The molecular formula is C32H35N5O2S. The number of thiocarbonyl (C=S) groups is 1. The van der Waals surface area contributed by atoms with Crippen LogP contribution in [0.1, 0.15) is 52.3 Å². The number of aryl methyl sites for hydroxylation is 3. The molecule has 2 N–H and O–H groups in total. The summed E-state index contributed by atoms with van der Waals surface area (Å²) >= 11 is 5.86. The maximum absolute atomic E-state index is 13.1. The quantitative estimate of drug-likeness (QED) is 0.256. The van der Waals surface area contributed by atoms with Crippen molar-refractivity contribution in [1.29, 1.82) is 0 Å². The molecule has 2 aromatic heterocycles. The molecular weight excluding hydrogens is 518 g/mol. The van der Waals surface area contributed by atoms with Gasteiger partial charge in [0.25, 0.3) is 0 Å². The number of anilines is 1. The van der Waals surface area contributed by atoms with Crippen molar-refractivity contribution < 1.29 is 9.53 Å². The molecule has 1 fully saturated rings. The molecule has 2 aromatic carbocycles. The number of carbonyl (C=O) groups excluding carboxylic acids is 1. The molecule has 3 heterocycles. The Morgan fingerprint density at radius 1 is 1.02 bits per heavy atom. The summed E-state index contributed by atoms with van der Waals surface area (Å²) < 4.78 is 7.73. The second-order valence-corrected chi connectivity index (χ2v) is 10.6. The minimum atomic E-state index is -0.155. The monoisotopic (exact) mass is 553 g/mol. The van der Waals surface area contributed by atoms with E-state index in [4.69, 9.17) is 17.0 Å². The van der Waals surface area contributed by atoms with Crippen LogP contribution in [0.5, 0.6) is 5.75 Å². The molecule has 2 unspecified atom stereocenters. The van der Waals surface area contributed by atoms with Crippen molar-refractivity contribution in [3.63, 3.8) is 0 Å². The number of amides is 1. The normalized spacial score (nSPS) is 16.6. The van der Waals surface area contributed by atoms with Crippen LogP contribution in [-0.2, 0) is 4.79 Å². The highest BCUT2D eigenvalue weighted by Crippen LogP contribution is 2.42. The molecule has 1 amide bonds. The SMILES string of the molecule is COc1ccccc1NC(=O)CCN1C(=S)NC(c2ccccn2)C1c1cc(C)n(-c2c(C)cccc2C)c1C. The van der Waals surface area contributed by atoms with E-state index in [1.165, 1.54) is 16.8 Å². The van der Waals surface area contributed by atoms with Gasteiger partial charge < -0.3 is 24.8 Å². The van der Waals surface area contributed by atoms with Crippen LogP contribution in [0.25, 0.3) is 5.69 Å². The first-order chi connectivity index (χ1) is 19.3. The van der Waals surface area contributed by atoms with Crippen LogP contribution in [0, 0.1) is 27.7 Å². The van der Waals surface area contributed by atoms with Gasteiger partial charge in [-0.2, -0.15) is 0 Å². The predicted molar refractivity (Wildman–Crippen MR) is 163 cm³/mol. The van der Waals surface area contributed by atoms with Gasteiger partial charge in [0.15, 0.2) is 5.11 Å². The van der Waals surface area contributed by atoms with Crippen molar-refractivity contribution in [2.45, 2.75) is 46.2 Å². The van der Waals surface area contributed by atoms with Gasteiger partial charge in [-0.15, -0.1) is 0 Å². The van der Waals surface area contributed by atoms with Gasteiger partial charge >= 0.3 is 0 Å². The number of rotatable bonds is 8. The number of hydrogen-bond acceptors (Lipinski definition) is 4. The Kier molecular flexibility index (Phi) is 7.89. The van der Waals surface area contributed by atoms with Gasteiger partial charge in [-0.1, -0.05) is 36.4 Å². The number of aromatic nitrogens is 2. The summed E-state index contributed by atoms with van der Waals surface area (Å²) in [5.41, 5.74) is 8.67. The lowest BCUT2D eigenvalue weighted by Gasteiger charge is -2.28. The molecule has 4 aromatic rings. The van der Waals surface area contributed by atoms with Gasteiger partial charge in [0.05, 0.1) is 36.3 Å². The Labute approximate surface area is 241 Å². The smallest absolute Gasteiger partial charge is 0.226 e. The lowest BCUT2D eigenvalue weighted by molar-refractivity contribution is -0.116. The van der Waals surface area contributed by atoms with E-state index in [0.29, 0.717) is 23.1 Å². The summed E-state index contributed by atoms with van der Waals surface area (Å²) in [7, 11) is 1.59. The Balaban J connectivity index is 1.49. The van der Waals surface area contributed by atoms with Crippen molar-refractivity contribution in [2.75, 3.05) is 19.0 Å². The number of hydrogen-bond donors (Lipinski definition) is 2. The fourth-order valence-corrected chi connectivity index (χ4v) is 6.09. The summed E-state index contributed by atoms with van der Waals surface area (Å²) in [6.45, 7) is 9.06. The average molecular weight is 554 g/mol. The highest BCUT2D eigenvalue weighted by Gasteiger charge is 2.41. The third-order valence-electron chi connectivity index (χ3n) is 7.61. The Bertz CT molecular complexity index is 1530. The van der Waals surface area contributed by atoms with Crippen LogP contribution in [0.15, 0.2) is 72.9 Å². The van der Waals surface area contributed by atoms with Gasteiger partial charge in [0.2, 0.25) is 5.91 Å². The summed E-state index contributed by atoms with van der Waals surface area (Å²) in [5.74, 6) is 0.523.